The second-order valence-electron chi connectivity index (χ2n) is 4.84. The van der Waals surface area contributed by atoms with Crippen LogP contribution in [0.5, 0.6) is 0 Å². The number of aryl methyl sites for hydroxylation is 1. The van der Waals surface area contributed by atoms with Crippen LogP contribution in [0.4, 0.5) is 0 Å². The highest BCUT2D eigenvalue weighted by atomic mass is 16.4. The molecule has 0 aromatic heterocycles. The van der Waals surface area contributed by atoms with Crippen molar-refractivity contribution in [1.82, 2.24) is 4.90 Å². The molecule has 4 heteroatoms. The third kappa shape index (κ3) is 4.73. The van der Waals surface area contributed by atoms with Crippen molar-refractivity contribution in [3.63, 3.8) is 0 Å². The molecule has 1 aromatic rings. The zero-order valence-electron chi connectivity index (χ0n) is 11.7. The van der Waals surface area contributed by atoms with E-state index in [1.807, 2.05) is 38.1 Å². The Hall–Kier alpha value is -1.84. The fourth-order valence-electron chi connectivity index (χ4n) is 1.85. The lowest BCUT2D eigenvalue weighted by molar-refractivity contribution is -0.137. The number of rotatable bonds is 6. The molecule has 0 saturated carbocycles. The molecule has 104 valence electrons. The molecule has 1 amide bonds. The summed E-state index contributed by atoms with van der Waals surface area (Å²) in [7, 11) is 1.76. The minimum Gasteiger partial charge on any atom is -0.481 e. The van der Waals surface area contributed by atoms with E-state index < -0.39 is 5.97 Å². The molecule has 0 aliphatic carbocycles. The quantitative estimate of drug-likeness (QED) is 0.858. The van der Waals surface area contributed by atoms with Crippen LogP contribution in [0.2, 0.25) is 0 Å². The number of hydrogen-bond acceptors (Lipinski definition) is 2. The number of benzene rings is 1. The van der Waals surface area contributed by atoms with Gasteiger partial charge in [0.2, 0.25) is 5.91 Å². The topological polar surface area (TPSA) is 57.6 Å². The van der Waals surface area contributed by atoms with Crippen molar-refractivity contribution in [1.29, 1.82) is 0 Å². The minimum atomic E-state index is -0.859. The SMILES string of the molecule is Cc1ccc(C(C)N(C)C(=O)CCCC(=O)O)cc1. The Morgan fingerprint density at radius 2 is 1.79 bits per heavy atom. The summed E-state index contributed by atoms with van der Waals surface area (Å²) in [6, 6.07) is 8.07. The number of nitrogens with zero attached hydrogens (tertiary/aromatic N) is 1. The molecule has 19 heavy (non-hydrogen) atoms. The molecule has 0 spiro atoms. The average Bonchev–Trinajstić information content (AvgIpc) is 2.37. The highest BCUT2D eigenvalue weighted by molar-refractivity contribution is 5.77. The first-order chi connectivity index (χ1) is 8.91. The average molecular weight is 263 g/mol. The zero-order chi connectivity index (χ0) is 14.4. The first kappa shape index (κ1) is 15.2. The maximum absolute atomic E-state index is 11.9. The number of carboxylic acid groups (broad SMARTS) is 1. The largest absolute Gasteiger partial charge is 0.481 e. The summed E-state index contributed by atoms with van der Waals surface area (Å²) in [4.78, 5) is 24.0. The molecule has 0 bridgehead atoms. The van der Waals surface area contributed by atoms with Gasteiger partial charge in [-0.15, -0.1) is 0 Å². The molecule has 0 aliphatic heterocycles. The fourth-order valence-corrected chi connectivity index (χ4v) is 1.85. The van der Waals surface area contributed by atoms with E-state index in [2.05, 4.69) is 0 Å². The molecule has 0 heterocycles. The predicted molar refractivity (Wildman–Crippen MR) is 73.9 cm³/mol. The second-order valence-corrected chi connectivity index (χ2v) is 4.84. The lowest BCUT2D eigenvalue weighted by atomic mass is 10.0. The van der Waals surface area contributed by atoms with Crippen molar-refractivity contribution in [2.24, 2.45) is 0 Å². The van der Waals surface area contributed by atoms with Gasteiger partial charge in [-0.3, -0.25) is 9.59 Å². The van der Waals surface area contributed by atoms with Gasteiger partial charge in [0.25, 0.3) is 0 Å². The van der Waals surface area contributed by atoms with Gasteiger partial charge in [-0.1, -0.05) is 29.8 Å². The molecule has 0 saturated heterocycles. The number of carbonyl (C=O) groups excluding carboxylic acids is 1. The van der Waals surface area contributed by atoms with Crippen molar-refractivity contribution in [3.8, 4) is 0 Å². The number of aliphatic carboxylic acids is 1. The summed E-state index contributed by atoms with van der Waals surface area (Å²) in [5.41, 5.74) is 2.27. The van der Waals surface area contributed by atoms with Crippen LogP contribution in [0.15, 0.2) is 24.3 Å². The van der Waals surface area contributed by atoms with Crippen LogP contribution in [0, 0.1) is 6.92 Å². The molecule has 4 nitrogen and oxygen atoms in total. The van der Waals surface area contributed by atoms with Gasteiger partial charge < -0.3 is 10.0 Å². The molecule has 0 fully saturated rings. The van der Waals surface area contributed by atoms with E-state index in [0.717, 1.165) is 5.56 Å². The normalized spacial score (nSPS) is 11.9. The van der Waals surface area contributed by atoms with Crippen molar-refractivity contribution < 1.29 is 14.7 Å². The summed E-state index contributed by atoms with van der Waals surface area (Å²) in [5.74, 6) is -0.878. The number of hydrogen-bond donors (Lipinski definition) is 1. The first-order valence-electron chi connectivity index (χ1n) is 6.46. The van der Waals surface area contributed by atoms with E-state index in [9.17, 15) is 9.59 Å². The van der Waals surface area contributed by atoms with E-state index in [1.54, 1.807) is 11.9 Å². The Morgan fingerprint density at radius 1 is 1.21 bits per heavy atom. The first-order valence-corrected chi connectivity index (χ1v) is 6.46. The maximum atomic E-state index is 11.9. The zero-order valence-corrected chi connectivity index (χ0v) is 11.7. The lowest BCUT2D eigenvalue weighted by Crippen LogP contribution is -2.29. The van der Waals surface area contributed by atoms with Gasteiger partial charge in [0, 0.05) is 19.9 Å². The van der Waals surface area contributed by atoms with Gasteiger partial charge in [-0.05, 0) is 25.8 Å². The molecule has 1 rings (SSSR count). The third-order valence-electron chi connectivity index (χ3n) is 3.32. The van der Waals surface area contributed by atoms with Gasteiger partial charge in [0.05, 0.1) is 6.04 Å². The van der Waals surface area contributed by atoms with Gasteiger partial charge in [0.1, 0.15) is 0 Å². The highest BCUT2D eigenvalue weighted by Gasteiger charge is 2.17. The maximum Gasteiger partial charge on any atom is 0.303 e. The smallest absolute Gasteiger partial charge is 0.303 e. The summed E-state index contributed by atoms with van der Waals surface area (Å²) in [6.07, 6.45) is 0.705. The molecular weight excluding hydrogens is 242 g/mol. The van der Waals surface area contributed by atoms with Gasteiger partial charge in [0.15, 0.2) is 0 Å². The summed E-state index contributed by atoms with van der Waals surface area (Å²) < 4.78 is 0. The van der Waals surface area contributed by atoms with Crippen LogP contribution in [0.25, 0.3) is 0 Å². The predicted octanol–water partition coefficient (Wildman–Crippen LogP) is 2.77. The molecule has 1 unspecified atom stereocenters. The highest BCUT2D eigenvalue weighted by Crippen LogP contribution is 2.20. The standard InChI is InChI=1S/C15H21NO3/c1-11-7-9-13(10-8-11)12(2)16(3)14(17)5-4-6-15(18)19/h7-10,12H,4-6H2,1-3H3,(H,18,19). The van der Waals surface area contributed by atoms with Gasteiger partial charge >= 0.3 is 5.97 Å². The van der Waals surface area contributed by atoms with E-state index >= 15 is 0 Å². The van der Waals surface area contributed by atoms with Crippen LogP contribution in [0.1, 0.15) is 43.4 Å². The monoisotopic (exact) mass is 263 g/mol. The van der Waals surface area contributed by atoms with Gasteiger partial charge in [-0.25, -0.2) is 0 Å². The van der Waals surface area contributed by atoms with Crippen molar-refractivity contribution in [2.45, 2.75) is 39.2 Å². The van der Waals surface area contributed by atoms with E-state index in [4.69, 9.17) is 5.11 Å². The van der Waals surface area contributed by atoms with Crippen LogP contribution in [-0.2, 0) is 9.59 Å². The fraction of sp³-hybridized carbons (Fsp3) is 0.467. The Balaban J connectivity index is 2.56. The minimum absolute atomic E-state index is 0.00192. The molecular formula is C15H21NO3. The Labute approximate surface area is 114 Å². The van der Waals surface area contributed by atoms with E-state index in [1.165, 1.54) is 5.56 Å². The Morgan fingerprint density at radius 3 is 2.32 bits per heavy atom. The van der Waals surface area contributed by atoms with Gasteiger partial charge in [-0.2, -0.15) is 0 Å². The van der Waals surface area contributed by atoms with Crippen molar-refractivity contribution in [3.05, 3.63) is 35.4 Å². The van der Waals surface area contributed by atoms with E-state index in [-0.39, 0.29) is 24.8 Å². The third-order valence-corrected chi connectivity index (χ3v) is 3.32. The number of amides is 1. The lowest BCUT2D eigenvalue weighted by Gasteiger charge is -2.25. The second kappa shape index (κ2) is 6.92. The number of carboxylic acids is 1. The van der Waals surface area contributed by atoms with Crippen molar-refractivity contribution in [2.75, 3.05) is 7.05 Å². The molecule has 1 N–H and O–H groups in total. The van der Waals surface area contributed by atoms with Crippen LogP contribution < -0.4 is 0 Å². The number of carbonyl (C=O) groups is 2. The summed E-state index contributed by atoms with van der Waals surface area (Å²) in [6.45, 7) is 4.00. The summed E-state index contributed by atoms with van der Waals surface area (Å²) >= 11 is 0. The summed E-state index contributed by atoms with van der Waals surface area (Å²) in [5, 5.41) is 8.55. The molecule has 0 aliphatic rings. The molecule has 1 atom stereocenters. The van der Waals surface area contributed by atoms with Crippen LogP contribution >= 0.6 is 0 Å². The molecule has 0 radical (unpaired) electrons. The molecule has 1 aromatic carbocycles. The Bertz CT molecular complexity index is 439. The Kier molecular flexibility index (Phi) is 5.55. The van der Waals surface area contributed by atoms with Crippen LogP contribution in [-0.4, -0.2) is 28.9 Å². The van der Waals surface area contributed by atoms with Crippen LogP contribution in [0.3, 0.4) is 0 Å². The van der Waals surface area contributed by atoms with Crippen molar-refractivity contribution >= 4 is 11.9 Å². The van der Waals surface area contributed by atoms with E-state index in [0.29, 0.717) is 6.42 Å².